The molecule has 2 heterocycles. The fraction of sp³-hybridized carbons (Fsp3) is 1.00. The third kappa shape index (κ3) is 1.89. The van der Waals surface area contributed by atoms with E-state index >= 15 is 0 Å². The molecule has 110 valence electrons. The van der Waals surface area contributed by atoms with Gasteiger partial charge in [-0.15, -0.1) is 0 Å². The molecule has 0 aromatic rings. The van der Waals surface area contributed by atoms with Crippen molar-refractivity contribution in [3.63, 3.8) is 0 Å². The van der Waals surface area contributed by atoms with Crippen molar-refractivity contribution in [1.29, 1.82) is 0 Å². The second-order valence-corrected chi connectivity index (χ2v) is 7.41. The van der Waals surface area contributed by atoms with Crippen LogP contribution in [0.3, 0.4) is 0 Å². The van der Waals surface area contributed by atoms with Gasteiger partial charge >= 0.3 is 0 Å². The molecule has 3 nitrogen and oxygen atoms in total. The topological polar surface area (TPSA) is 27.7 Å². The van der Waals surface area contributed by atoms with Gasteiger partial charge in [0.05, 0.1) is 25.4 Å². The maximum atomic E-state index is 6.48. The van der Waals surface area contributed by atoms with Crippen LogP contribution in [0.5, 0.6) is 0 Å². The number of ether oxygens (including phenoxy) is 3. The van der Waals surface area contributed by atoms with Gasteiger partial charge in [0.2, 0.25) is 0 Å². The van der Waals surface area contributed by atoms with Crippen molar-refractivity contribution in [2.45, 2.75) is 77.8 Å². The first kappa shape index (κ1) is 13.8. The molecular formula is C16H28O3. The summed E-state index contributed by atoms with van der Waals surface area (Å²) in [6, 6.07) is 0. The van der Waals surface area contributed by atoms with Crippen LogP contribution >= 0.6 is 0 Å². The molecule has 0 bridgehead atoms. The van der Waals surface area contributed by atoms with Crippen LogP contribution in [0.2, 0.25) is 0 Å². The molecule has 3 fully saturated rings. The first-order valence-electron chi connectivity index (χ1n) is 7.87. The van der Waals surface area contributed by atoms with E-state index in [9.17, 15) is 0 Å². The summed E-state index contributed by atoms with van der Waals surface area (Å²) >= 11 is 0. The Balaban J connectivity index is 1.91. The molecule has 0 aromatic carbocycles. The normalized spacial score (nSPS) is 44.2. The molecule has 0 N–H and O–H groups in total. The number of rotatable bonds is 1. The molecule has 3 rings (SSSR count). The molecule has 19 heavy (non-hydrogen) atoms. The SMILES string of the molecule is CCC1CCC2(C)CCC3(OCCO3)C(C)(C)[C@@H]2O1. The van der Waals surface area contributed by atoms with Crippen LogP contribution in [0.15, 0.2) is 0 Å². The summed E-state index contributed by atoms with van der Waals surface area (Å²) in [6.45, 7) is 10.6. The summed E-state index contributed by atoms with van der Waals surface area (Å²) in [4.78, 5) is 0. The van der Waals surface area contributed by atoms with Gasteiger partial charge in [0, 0.05) is 11.8 Å². The van der Waals surface area contributed by atoms with Gasteiger partial charge in [-0.3, -0.25) is 0 Å². The lowest BCUT2D eigenvalue weighted by Crippen LogP contribution is -2.64. The standard InChI is InChI=1S/C16H28O3/c1-5-12-6-7-15(4)8-9-16(17-10-11-18-16)14(2,3)13(15)19-12/h12-13H,5-11H2,1-4H3/t12?,13-,15?/m0/s1. The van der Waals surface area contributed by atoms with E-state index in [0.29, 0.717) is 6.10 Å². The summed E-state index contributed by atoms with van der Waals surface area (Å²) in [5, 5.41) is 0. The summed E-state index contributed by atoms with van der Waals surface area (Å²) in [6.07, 6.45) is 6.39. The van der Waals surface area contributed by atoms with Crippen molar-refractivity contribution >= 4 is 0 Å². The number of hydrogen-bond acceptors (Lipinski definition) is 3. The zero-order valence-corrected chi connectivity index (χ0v) is 12.8. The molecule has 1 spiro atoms. The molecule has 1 aliphatic carbocycles. The summed E-state index contributed by atoms with van der Waals surface area (Å²) in [5.74, 6) is -0.410. The Kier molecular flexibility index (Phi) is 3.23. The first-order chi connectivity index (χ1) is 8.94. The fourth-order valence-corrected chi connectivity index (χ4v) is 4.59. The predicted molar refractivity (Wildman–Crippen MR) is 73.9 cm³/mol. The van der Waals surface area contributed by atoms with E-state index in [2.05, 4.69) is 27.7 Å². The molecule has 0 radical (unpaired) electrons. The van der Waals surface area contributed by atoms with E-state index in [1.807, 2.05) is 0 Å². The Morgan fingerprint density at radius 3 is 2.32 bits per heavy atom. The fourth-order valence-electron chi connectivity index (χ4n) is 4.59. The van der Waals surface area contributed by atoms with Gasteiger partial charge in [-0.2, -0.15) is 0 Å². The smallest absolute Gasteiger partial charge is 0.176 e. The van der Waals surface area contributed by atoms with Gasteiger partial charge in [-0.25, -0.2) is 0 Å². The highest BCUT2D eigenvalue weighted by molar-refractivity contribution is 5.08. The summed E-state index contributed by atoms with van der Waals surface area (Å²) in [7, 11) is 0. The van der Waals surface area contributed by atoms with Crippen molar-refractivity contribution in [2.75, 3.05) is 13.2 Å². The maximum absolute atomic E-state index is 6.48. The quantitative estimate of drug-likeness (QED) is 0.728. The van der Waals surface area contributed by atoms with E-state index < -0.39 is 5.79 Å². The van der Waals surface area contributed by atoms with Crippen LogP contribution < -0.4 is 0 Å². The van der Waals surface area contributed by atoms with Crippen LogP contribution in [-0.4, -0.2) is 31.2 Å². The average molecular weight is 268 g/mol. The molecular weight excluding hydrogens is 240 g/mol. The Hall–Kier alpha value is -0.120. The van der Waals surface area contributed by atoms with Gasteiger partial charge in [0.1, 0.15) is 0 Å². The van der Waals surface area contributed by atoms with Gasteiger partial charge < -0.3 is 14.2 Å². The minimum Gasteiger partial charge on any atom is -0.374 e. The second kappa shape index (κ2) is 4.44. The van der Waals surface area contributed by atoms with E-state index in [1.165, 1.54) is 12.8 Å². The first-order valence-corrected chi connectivity index (χ1v) is 7.87. The van der Waals surface area contributed by atoms with Crippen LogP contribution in [0, 0.1) is 10.8 Å². The molecule has 0 amide bonds. The minimum atomic E-state index is -0.410. The maximum Gasteiger partial charge on any atom is 0.176 e. The lowest BCUT2D eigenvalue weighted by molar-refractivity contribution is -0.321. The third-order valence-corrected chi connectivity index (χ3v) is 5.87. The van der Waals surface area contributed by atoms with E-state index in [0.717, 1.165) is 32.5 Å². The Morgan fingerprint density at radius 1 is 1.00 bits per heavy atom. The third-order valence-electron chi connectivity index (χ3n) is 5.87. The predicted octanol–water partition coefficient (Wildman–Crippen LogP) is 3.51. The largest absolute Gasteiger partial charge is 0.374 e. The Morgan fingerprint density at radius 2 is 1.68 bits per heavy atom. The molecule has 2 aliphatic heterocycles. The Labute approximate surface area is 117 Å². The van der Waals surface area contributed by atoms with Crippen molar-refractivity contribution in [1.82, 2.24) is 0 Å². The summed E-state index contributed by atoms with van der Waals surface area (Å²) < 4.78 is 18.6. The highest BCUT2D eigenvalue weighted by Crippen LogP contribution is 2.59. The van der Waals surface area contributed by atoms with E-state index in [4.69, 9.17) is 14.2 Å². The highest BCUT2D eigenvalue weighted by atomic mass is 16.7. The second-order valence-electron chi connectivity index (χ2n) is 7.41. The van der Waals surface area contributed by atoms with Crippen LogP contribution in [0.1, 0.15) is 59.8 Å². The molecule has 2 unspecified atom stereocenters. The molecule has 3 aliphatic rings. The lowest BCUT2D eigenvalue weighted by Gasteiger charge is -2.60. The van der Waals surface area contributed by atoms with Gasteiger partial charge in [0.25, 0.3) is 0 Å². The minimum absolute atomic E-state index is 0.0790. The Bertz CT molecular complexity index is 346. The van der Waals surface area contributed by atoms with Crippen LogP contribution in [-0.2, 0) is 14.2 Å². The average Bonchev–Trinajstić information content (AvgIpc) is 2.86. The molecule has 2 saturated heterocycles. The zero-order valence-electron chi connectivity index (χ0n) is 12.8. The monoisotopic (exact) mass is 268 g/mol. The molecule has 3 atom stereocenters. The number of fused-ring (bicyclic) bond motifs is 1. The van der Waals surface area contributed by atoms with Crippen LogP contribution in [0.4, 0.5) is 0 Å². The van der Waals surface area contributed by atoms with Crippen molar-refractivity contribution in [3.05, 3.63) is 0 Å². The van der Waals surface area contributed by atoms with Crippen molar-refractivity contribution in [2.24, 2.45) is 10.8 Å². The summed E-state index contributed by atoms with van der Waals surface area (Å²) in [5.41, 5.74) is 0.208. The van der Waals surface area contributed by atoms with Gasteiger partial charge in [-0.05, 0) is 31.1 Å². The highest BCUT2D eigenvalue weighted by Gasteiger charge is 2.63. The molecule has 3 heteroatoms. The van der Waals surface area contributed by atoms with Crippen molar-refractivity contribution in [3.8, 4) is 0 Å². The molecule has 0 aromatic heterocycles. The number of hydrogen-bond donors (Lipinski definition) is 0. The van der Waals surface area contributed by atoms with Gasteiger partial charge in [0.15, 0.2) is 5.79 Å². The van der Waals surface area contributed by atoms with E-state index in [1.54, 1.807) is 0 Å². The lowest BCUT2D eigenvalue weighted by atomic mass is 9.56. The zero-order chi connectivity index (χ0) is 13.7. The van der Waals surface area contributed by atoms with Gasteiger partial charge in [-0.1, -0.05) is 27.7 Å². The van der Waals surface area contributed by atoms with E-state index in [-0.39, 0.29) is 16.9 Å². The van der Waals surface area contributed by atoms with Crippen LogP contribution in [0.25, 0.3) is 0 Å². The van der Waals surface area contributed by atoms with Crippen molar-refractivity contribution < 1.29 is 14.2 Å². The molecule has 1 saturated carbocycles.